The molecule has 2 atom stereocenters. The fourth-order valence-corrected chi connectivity index (χ4v) is 2.01. The number of aliphatic imine (C=N–C) groups is 1. The van der Waals surface area contributed by atoms with Crippen LogP contribution in [0.2, 0.25) is 0 Å². The summed E-state index contributed by atoms with van der Waals surface area (Å²) in [5, 5.41) is 0. The Labute approximate surface area is 103 Å². The molecule has 2 aliphatic heterocycles. The maximum absolute atomic E-state index is 5.69. The van der Waals surface area contributed by atoms with E-state index in [9.17, 15) is 0 Å². The van der Waals surface area contributed by atoms with Crippen molar-refractivity contribution in [3.05, 3.63) is 0 Å². The van der Waals surface area contributed by atoms with Gasteiger partial charge in [0.15, 0.2) is 12.1 Å². The highest BCUT2D eigenvalue weighted by Crippen LogP contribution is 2.23. The van der Waals surface area contributed by atoms with Gasteiger partial charge in [0.25, 0.3) is 0 Å². The van der Waals surface area contributed by atoms with Gasteiger partial charge in [-0.2, -0.15) is 0 Å². The summed E-state index contributed by atoms with van der Waals surface area (Å²) >= 11 is 0. The zero-order valence-electron chi connectivity index (χ0n) is 11.1. The lowest BCUT2D eigenvalue weighted by Crippen LogP contribution is -2.36. The number of amidine groups is 1. The summed E-state index contributed by atoms with van der Waals surface area (Å²) in [7, 11) is 2.06. The van der Waals surface area contributed by atoms with Crippen molar-refractivity contribution >= 4 is 5.84 Å². The van der Waals surface area contributed by atoms with Crippen molar-refractivity contribution in [2.75, 3.05) is 26.8 Å². The Kier molecular flexibility index (Phi) is 3.70. The van der Waals surface area contributed by atoms with Crippen LogP contribution in [-0.4, -0.2) is 55.7 Å². The second-order valence-electron chi connectivity index (χ2n) is 5.13. The standard InChI is InChI=1S/C12H22N2O3/c1-9-13-10(5-6-14(9)4)7-15-11-8-16-12(2,3)17-11/h10-11H,5-8H2,1-4H3. The first-order valence-electron chi connectivity index (χ1n) is 6.15. The maximum Gasteiger partial charge on any atom is 0.184 e. The molecular weight excluding hydrogens is 220 g/mol. The number of hydrogen-bond donors (Lipinski definition) is 0. The fourth-order valence-electron chi connectivity index (χ4n) is 2.01. The molecule has 2 aliphatic rings. The number of hydrogen-bond acceptors (Lipinski definition) is 5. The van der Waals surface area contributed by atoms with E-state index in [0.29, 0.717) is 13.2 Å². The van der Waals surface area contributed by atoms with E-state index in [0.717, 1.165) is 18.8 Å². The smallest absolute Gasteiger partial charge is 0.184 e. The average molecular weight is 242 g/mol. The van der Waals surface area contributed by atoms with Crippen molar-refractivity contribution in [3.63, 3.8) is 0 Å². The van der Waals surface area contributed by atoms with Gasteiger partial charge >= 0.3 is 0 Å². The Balaban J connectivity index is 1.76. The van der Waals surface area contributed by atoms with Crippen molar-refractivity contribution < 1.29 is 14.2 Å². The van der Waals surface area contributed by atoms with Gasteiger partial charge in [-0.15, -0.1) is 0 Å². The molecule has 0 aromatic heterocycles. The second kappa shape index (κ2) is 4.92. The molecule has 0 spiro atoms. The van der Waals surface area contributed by atoms with Gasteiger partial charge in [-0.25, -0.2) is 0 Å². The fraction of sp³-hybridized carbons (Fsp3) is 0.917. The molecule has 5 heteroatoms. The highest BCUT2D eigenvalue weighted by Gasteiger charge is 2.33. The van der Waals surface area contributed by atoms with Crippen LogP contribution >= 0.6 is 0 Å². The van der Waals surface area contributed by atoms with Crippen molar-refractivity contribution in [1.29, 1.82) is 0 Å². The van der Waals surface area contributed by atoms with Crippen LogP contribution in [0.5, 0.6) is 0 Å². The van der Waals surface area contributed by atoms with Crippen LogP contribution in [0.3, 0.4) is 0 Å². The Morgan fingerprint density at radius 3 is 2.88 bits per heavy atom. The van der Waals surface area contributed by atoms with Gasteiger partial charge in [0, 0.05) is 13.6 Å². The summed E-state index contributed by atoms with van der Waals surface area (Å²) in [6.45, 7) is 7.97. The van der Waals surface area contributed by atoms with Gasteiger partial charge in [-0.1, -0.05) is 0 Å². The molecule has 0 aromatic carbocycles. The maximum atomic E-state index is 5.69. The summed E-state index contributed by atoms with van der Waals surface area (Å²) in [4.78, 5) is 6.74. The normalized spacial score (nSPS) is 32.7. The Morgan fingerprint density at radius 1 is 1.53 bits per heavy atom. The van der Waals surface area contributed by atoms with E-state index in [4.69, 9.17) is 14.2 Å². The zero-order chi connectivity index (χ0) is 12.5. The third-order valence-corrected chi connectivity index (χ3v) is 3.18. The molecule has 0 aromatic rings. The lowest BCUT2D eigenvalue weighted by molar-refractivity contribution is -0.191. The highest BCUT2D eigenvalue weighted by atomic mass is 16.8. The molecule has 2 rings (SSSR count). The first-order chi connectivity index (χ1) is 7.96. The monoisotopic (exact) mass is 242 g/mol. The first-order valence-corrected chi connectivity index (χ1v) is 6.15. The molecule has 2 heterocycles. The van der Waals surface area contributed by atoms with E-state index in [-0.39, 0.29) is 12.3 Å². The Bertz CT molecular complexity index is 304. The van der Waals surface area contributed by atoms with E-state index < -0.39 is 5.79 Å². The molecule has 0 radical (unpaired) electrons. The van der Waals surface area contributed by atoms with E-state index in [1.165, 1.54) is 0 Å². The second-order valence-corrected chi connectivity index (χ2v) is 5.13. The Morgan fingerprint density at radius 2 is 2.29 bits per heavy atom. The van der Waals surface area contributed by atoms with E-state index in [1.54, 1.807) is 0 Å². The van der Waals surface area contributed by atoms with Crippen molar-refractivity contribution in [2.24, 2.45) is 4.99 Å². The van der Waals surface area contributed by atoms with E-state index >= 15 is 0 Å². The quantitative estimate of drug-likeness (QED) is 0.746. The predicted molar refractivity (Wildman–Crippen MR) is 65.0 cm³/mol. The molecule has 98 valence electrons. The van der Waals surface area contributed by atoms with Crippen LogP contribution in [0.25, 0.3) is 0 Å². The molecule has 5 nitrogen and oxygen atoms in total. The molecule has 0 saturated carbocycles. The largest absolute Gasteiger partial charge is 0.364 e. The van der Waals surface area contributed by atoms with Gasteiger partial charge in [0.2, 0.25) is 0 Å². The molecule has 2 unspecified atom stereocenters. The highest BCUT2D eigenvalue weighted by molar-refractivity contribution is 5.80. The lowest BCUT2D eigenvalue weighted by Gasteiger charge is -2.28. The third kappa shape index (κ3) is 3.40. The van der Waals surface area contributed by atoms with Crippen LogP contribution < -0.4 is 0 Å². The molecule has 0 amide bonds. The minimum absolute atomic E-state index is 0.249. The minimum atomic E-state index is -0.517. The van der Waals surface area contributed by atoms with Crippen molar-refractivity contribution in [3.8, 4) is 0 Å². The third-order valence-electron chi connectivity index (χ3n) is 3.18. The SMILES string of the molecule is CC1=NC(COC2COC(C)(C)O2)CCN1C. The molecule has 17 heavy (non-hydrogen) atoms. The summed E-state index contributed by atoms with van der Waals surface area (Å²) in [6.07, 6.45) is 0.783. The number of ether oxygens (including phenoxy) is 3. The molecule has 1 saturated heterocycles. The number of nitrogens with zero attached hydrogens (tertiary/aromatic N) is 2. The number of rotatable bonds is 3. The van der Waals surface area contributed by atoms with Crippen LogP contribution in [0.4, 0.5) is 0 Å². The Hall–Kier alpha value is -0.650. The molecule has 0 aliphatic carbocycles. The zero-order valence-corrected chi connectivity index (χ0v) is 11.1. The lowest BCUT2D eigenvalue weighted by atomic mass is 10.2. The molecule has 0 bridgehead atoms. The van der Waals surface area contributed by atoms with Gasteiger partial charge in [-0.3, -0.25) is 4.99 Å². The summed E-state index contributed by atoms with van der Waals surface area (Å²) in [5.41, 5.74) is 0. The summed E-state index contributed by atoms with van der Waals surface area (Å²) in [5.74, 6) is 0.560. The van der Waals surface area contributed by atoms with Crippen LogP contribution in [0, 0.1) is 0 Å². The molecule has 0 N–H and O–H groups in total. The van der Waals surface area contributed by atoms with E-state index in [2.05, 4.69) is 16.9 Å². The van der Waals surface area contributed by atoms with Gasteiger partial charge in [-0.05, 0) is 27.2 Å². The molecular formula is C12H22N2O3. The van der Waals surface area contributed by atoms with Crippen LogP contribution in [0.15, 0.2) is 4.99 Å². The van der Waals surface area contributed by atoms with Gasteiger partial charge < -0.3 is 19.1 Å². The first kappa shape index (κ1) is 12.8. The van der Waals surface area contributed by atoms with Crippen molar-refractivity contribution in [1.82, 2.24) is 4.90 Å². The predicted octanol–water partition coefficient (Wildman–Crippen LogP) is 1.23. The van der Waals surface area contributed by atoms with Gasteiger partial charge in [0.05, 0.1) is 18.5 Å². The summed E-state index contributed by atoms with van der Waals surface area (Å²) < 4.78 is 16.7. The molecule has 1 fully saturated rings. The van der Waals surface area contributed by atoms with Crippen LogP contribution in [0.1, 0.15) is 27.2 Å². The average Bonchev–Trinajstić information content (AvgIpc) is 2.60. The minimum Gasteiger partial charge on any atom is -0.364 e. The van der Waals surface area contributed by atoms with Crippen molar-refractivity contribution in [2.45, 2.75) is 45.3 Å². The summed E-state index contributed by atoms with van der Waals surface area (Å²) in [6, 6.07) is 0.249. The van der Waals surface area contributed by atoms with Gasteiger partial charge in [0.1, 0.15) is 6.61 Å². The van der Waals surface area contributed by atoms with E-state index in [1.807, 2.05) is 20.8 Å². The van der Waals surface area contributed by atoms with Crippen LogP contribution in [-0.2, 0) is 14.2 Å². The topological polar surface area (TPSA) is 43.3 Å².